The molecule has 1 aromatic carbocycles. The lowest BCUT2D eigenvalue weighted by atomic mass is 9.59. The van der Waals surface area contributed by atoms with E-state index in [4.69, 9.17) is 14.3 Å². The SMILES string of the molecule is CC(=O)c1cc(B2OC(C)(C)C(C)(C)O2)cnc1-c1ccc2c(c1)C(C)(C)C(C)(C)C2(C)C. The highest BCUT2D eigenvalue weighted by Crippen LogP contribution is 2.61. The van der Waals surface area contributed by atoms with Gasteiger partial charge in [0.05, 0.1) is 16.9 Å². The number of benzene rings is 1. The second kappa shape index (κ2) is 7.02. The highest BCUT2D eigenvalue weighted by Gasteiger charge is 2.57. The molecule has 4 rings (SSSR count). The summed E-state index contributed by atoms with van der Waals surface area (Å²) in [6, 6.07) is 8.48. The minimum absolute atomic E-state index is 0.0130. The van der Waals surface area contributed by atoms with Gasteiger partial charge in [0.25, 0.3) is 0 Å². The zero-order valence-electron chi connectivity index (χ0n) is 22.1. The van der Waals surface area contributed by atoms with Crippen LogP contribution in [0.3, 0.4) is 0 Å². The summed E-state index contributed by atoms with van der Waals surface area (Å²) in [7, 11) is -0.546. The summed E-state index contributed by atoms with van der Waals surface area (Å²) in [4.78, 5) is 17.5. The van der Waals surface area contributed by atoms with Gasteiger partial charge in [0.15, 0.2) is 5.78 Å². The normalized spacial score (nSPS) is 23.4. The zero-order chi connectivity index (χ0) is 24.8. The summed E-state index contributed by atoms with van der Waals surface area (Å²) in [5.74, 6) is -0.0173. The quantitative estimate of drug-likeness (QED) is 0.438. The molecule has 4 nitrogen and oxygen atoms in total. The van der Waals surface area contributed by atoms with Crippen LogP contribution in [0.25, 0.3) is 11.3 Å². The van der Waals surface area contributed by atoms with Gasteiger partial charge in [-0.2, -0.15) is 0 Å². The largest absolute Gasteiger partial charge is 0.496 e. The minimum Gasteiger partial charge on any atom is -0.399 e. The molecular formula is C28H38BNO3. The number of nitrogens with zero attached hydrogens (tertiary/aromatic N) is 1. The summed E-state index contributed by atoms with van der Waals surface area (Å²) in [6.45, 7) is 23.7. The van der Waals surface area contributed by atoms with Crippen LogP contribution in [0.4, 0.5) is 0 Å². The number of rotatable bonds is 3. The molecule has 33 heavy (non-hydrogen) atoms. The van der Waals surface area contributed by atoms with E-state index in [1.807, 2.05) is 33.8 Å². The minimum atomic E-state index is -0.546. The smallest absolute Gasteiger partial charge is 0.399 e. The highest BCUT2D eigenvalue weighted by molar-refractivity contribution is 6.62. The summed E-state index contributed by atoms with van der Waals surface area (Å²) in [5.41, 5.74) is 4.98. The monoisotopic (exact) mass is 447 g/mol. The van der Waals surface area contributed by atoms with Crippen LogP contribution < -0.4 is 5.46 Å². The van der Waals surface area contributed by atoms with Crippen LogP contribution in [-0.4, -0.2) is 29.1 Å². The average molecular weight is 447 g/mol. The Morgan fingerprint density at radius 3 is 1.91 bits per heavy atom. The number of pyridine rings is 1. The molecule has 0 amide bonds. The van der Waals surface area contributed by atoms with Crippen LogP contribution in [0.1, 0.15) is 97.6 Å². The summed E-state index contributed by atoms with van der Waals surface area (Å²) >= 11 is 0. The highest BCUT2D eigenvalue weighted by atomic mass is 16.7. The van der Waals surface area contributed by atoms with Crippen LogP contribution in [0.15, 0.2) is 30.5 Å². The number of ketones is 1. The molecule has 0 spiro atoms. The number of hydrogen-bond acceptors (Lipinski definition) is 4. The maximum atomic E-state index is 12.7. The molecule has 1 aliphatic heterocycles. The van der Waals surface area contributed by atoms with Crippen LogP contribution in [0.5, 0.6) is 0 Å². The average Bonchev–Trinajstić information content (AvgIpc) is 2.98. The molecule has 0 saturated carbocycles. The van der Waals surface area contributed by atoms with Gasteiger partial charge in [0.2, 0.25) is 0 Å². The fraction of sp³-hybridized carbons (Fsp3) is 0.571. The first-order valence-electron chi connectivity index (χ1n) is 12.0. The molecule has 2 aromatic rings. The number of carbonyl (C=O) groups excluding carboxylic acids is 1. The van der Waals surface area contributed by atoms with E-state index in [-0.39, 0.29) is 22.0 Å². The Hall–Kier alpha value is -1.98. The third-order valence-corrected chi connectivity index (χ3v) is 9.58. The summed E-state index contributed by atoms with van der Waals surface area (Å²) in [6.07, 6.45) is 1.79. The number of fused-ring (bicyclic) bond motifs is 1. The van der Waals surface area contributed by atoms with E-state index in [9.17, 15) is 4.79 Å². The Bertz CT molecular complexity index is 1130. The number of Topliss-reactive ketones (excluding diaryl/α,β-unsaturated/α-hetero) is 1. The lowest BCUT2D eigenvalue weighted by molar-refractivity contribution is 0.00578. The van der Waals surface area contributed by atoms with Gasteiger partial charge in [-0.3, -0.25) is 9.78 Å². The van der Waals surface area contributed by atoms with Crippen molar-refractivity contribution in [3.8, 4) is 11.3 Å². The van der Waals surface area contributed by atoms with Gasteiger partial charge in [0.1, 0.15) is 0 Å². The zero-order valence-corrected chi connectivity index (χ0v) is 22.1. The molecule has 1 saturated heterocycles. The van der Waals surface area contributed by atoms with Gasteiger partial charge in [-0.05, 0) is 74.1 Å². The Labute approximate surface area is 199 Å². The molecule has 1 aliphatic carbocycles. The Morgan fingerprint density at radius 1 is 0.818 bits per heavy atom. The van der Waals surface area contributed by atoms with Crippen molar-refractivity contribution < 1.29 is 14.1 Å². The lowest BCUT2D eigenvalue weighted by Gasteiger charge is -2.44. The van der Waals surface area contributed by atoms with E-state index in [2.05, 4.69) is 59.7 Å². The third-order valence-electron chi connectivity index (χ3n) is 9.58. The van der Waals surface area contributed by atoms with E-state index >= 15 is 0 Å². The topological polar surface area (TPSA) is 48.4 Å². The third kappa shape index (κ3) is 3.26. The molecular weight excluding hydrogens is 409 g/mol. The number of carbonyl (C=O) groups is 1. The summed E-state index contributed by atoms with van der Waals surface area (Å²) < 4.78 is 12.4. The maximum absolute atomic E-state index is 12.7. The van der Waals surface area contributed by atoms with E-state index < -0.39 is 18.3 Å². The van der Waals surface area contributed by atoms with Crippen molar-refractivity contribution in [2.45, 2.75) is 98.2 Å². The van der Waals surface area contributed by atoms with Gasteiger partial charge < -0.3 is 9.31 Å². The van der Waals surface area contributed by atoms with Crippen LogP contribution in [0.2, 0.25) is 0 Å². The van der Waals surface area contributed by atoms with Gasteiger partial charge in [-0.1, -0.05) is 53.7 Å². The molecule has 0 radical (unpaired) electrons. The Balaban J connectivity index is 1.80. The van der Waals surface area contributed by atoms with Crippen LogP contribution >= 0.6 is 0 Å². The molecule has 2 heterocycles. The second-order valence-corrected chi connectivity index (χ2v) is 12.4. The van der Waals surface area contributed by atoms with E-state index in [0.717, 1.165) is 11.0 Å². The lowest BCUT2D eigenvalue weighted by Crippen LogP contribution is -2.42. The fourth-order valence-electron chi connectivity index (χ4n) is 5.30. The molecule has 0 N–H and O–H groups in total. The number of hydrogen-bond donors (Lipinski definition) is 0. The first-order valence-corrected chi connectivity index (χ1v) is 12.0. The predicted octanol–water partition coefficient (Wildman–Crippen LogP) is 5.85. The van der Waals surface area contributed by atoms with Crippen LogP contribution in [-0.2, 0) is 20.1 Å². The van der Waals surface area contributed by atoms with Gasteiger partial charge in [-0.15, -0.1) is 0 Å². The first kappa shape index (κ1) is 24.2. The summed E-state index contributed by atoms with van der Waals surface area (Å²) in [5, 5.41) is 0. The molecule has 0 unspecified atom stereocenters. The van der Waals surface area contributed by atoms with Gasteiger partial charge >= 0.3 is 7.12 Å². The Morgan fingerprint density at radius 2 is 1.36 bits per heavy atom. The first-order chi connectivity index (χ1) is 14.9. The second-order valence-electron chi connectivity index (χ2n) is 12.4. The standard InChI is InChI=1S/C28H38BNO3/c1-17(31)20-15-19(29-32-27(8,9)28(10,11)33-29)16-30-23(20)18-12-13-21-22(14-18)25(4,5)26(6,7)24(21,2)3/h12-16H,1-11H3. The molecule has 0 bridgehead atoms. The van der Waals surface area contributed by atoms with Crippen molar-refractivity contribution in [1.29, 1.82) is 0 Å². The Kier molecular flexibility index (Phi) is 5.14. The van der Waals surface area contributed by atoms with Crippen molar-refractivity contribution >= 4 is 18.4 Å². The number of aromatic nitrogens is 1. The molecule has 176 valence electrons. The van der Waals surface area contributed by atoms with E-state index in [1.54, 1.807) is 13.1 Å². The van der Waals surface area contributed by atoms with Crippen molar-refractivity contribution in [1.82, 2.24) is 4.98 Å². The van der Waals surface area contributed by atoms with Crippen molar-refractivity contribution in [3.05, 3.63) is 47.2 Å². The van der Waals surface area contributed by atoms with E-state index in [0.29, 0.717) is 11.3 Å². The fourth-order valence-corrected chi connectivity index (χ4v) is 5.30. The van der Waals surface area contributed by atoms with Crippen LogP contribution in [0, 0.1) is 5.41 Å². The maximum Gasteiger partial charge on any atom is 0.496 e. The van der Waals surface area contributed by atoms with E-state index in [1.165, 1.54) is 11.1 Å². The van der Waals surface area contributed by atoms with Crippen molar-refractivity contribution in [2.75, 3.05) is 0 Å². The molecule has 1 fully saturated rings. The molecule has 2 aliphatic rings. The van der Waals surface area contributed by atoms with Crippen molar-refractivity contribution in [3.63, 3.8) is 0 Å². The van der Waals surface area contributed by atoms with Gasteiger partial charge in [-0.25, -0.2) is 0 Å². The molecule has 0 atom stereocenters. The predicted molar refractivity (Wildman–Crippen MR) is 135 cm³/mol. The molecule has 5 heteroatoms. The van der Waals surface area contributed by atoms with Gasteiger partial charge in [0, 0.05) is 22.8 Å². The molecule has 1 aromatic heterocycles. The van der Waals surface area contributed by atoms with Crippen molar-refractivity contribution in [2.24, 2.45) is 5.41 Å².